The number of likely N-dealkylation sites (tertiary alicyclic amines) is 1. The number of benzene rings is 2. The molecule has 0 aliphatic carbocycles. The zero-order valence-electron chi connectivity index (χ0n) is 23.4. The van der Waals surface area contributed by atoms with Crippen molar-refractivity contribution in [2.24, 2.45) is 13.0 Å². The lowest BCUT2D eigenvalue weighted by Crippen LogP contribution is -2.45. The first-order valence-corrected chi connectivity index (χ1v) is 14.2. The number of β-amino-alcohol motifs (C(OH)–C–C–N with tert-alkyl or cyclic N) is 1. The van der Waals surface area contributed by atoms with Crippen LogP contribution in [-0.2, 0) is 13.5 Å². The highest BCUT2D eigenvalue weighted by Crippen LogP contribution is 2.32. The number of halogens is 1. The van der Waals surface area contributed by atoms with Crippen LogP contribution in [0.15, 0.2) is 73.1 Å². The van der Waals surface area contributed by atoms with Gasteiger partial charge in [-0.25, -0.2) is 0 Å². The lowest BCUT2D eigenvalue weighted by molar-refractivity contribution is 0.0382. The van der Waals surface area contributed by atoms with Crippen LogP contribution < -0.4 is 5.32 Å². The molecule has 2 amide bonds. The standard InChI is InChI=1S/C32H34ClN5O3/c1-20(2)16-25-10-8-24(18-34-25)31(40)36-28-17-23(9-11-27(28)33)32(41)38-15-13-26(30(39)19-38)21-4-6-22(7-5-21)29-12-14-35-37(29)3/h4-12,14,17-18,20,26,30,39H,13,15-16,19H2,1-3H3,(H,36,40)/t26-,30+/m1/s1. The van der Waals surface area contributed by atoms with E-state index in [0.29, 0.717) is 40.7 Å². The maximum absolute atomic E-state index is 13.4. The number of amides is 2. The average molecular weight is 572 g/mol. The summed E-state index contributed by atoms with van der Waals surface area (Å²) in [5, 5.41) is 18.4. The molecule has 0 spiro atoms. The van der Waals surface area contributed by atoms with Crippen LogP contribution in [0.5, 0.6) is 0 Å². The van der Waals surface area contributed by atoms with E-state index in [2.05, 4.69) is 29.2 Å². The van der Waals surface area contributed by atoms with Crippen molar-refractivity contribution in [3.8, 4) is 11.3 Å². The topological polar surface area (TPSA) is 100 Å². The molecule has 3 heterocycles. The number of nitrogens with zero attached hydrogens (tertiary/aromatic N) is 4. The van der Waals surface area contributed by atoms with Gasteiger partial charge in [-0.3, -0.25) is 19.3 Å². The highest BCUT2D eigenvalue weighted by Gasteiger charge is 2.32. The molecule has 1 saturated heterocycles. The van der Waals surface area contributed by atoms with E-state index in [1.807, 2.05) is 48.1 Å². The van der Waals surface area contributed by atoms with Gasteiger partial charge in [0.1, 0.15) is 0 Å². The smallest absolute Gasteiger partial charge is 0.257 e. The van der Waals surface area contributed by atoms with Gasteiger partial charge in [0, 0.05) is 49.7 Å². The van der Waals surface area contributed by atoms with Crippen molar-refractivity contribution in [2.75, 3.05) is 18.4 Å². The van der Waals surface area contributed by atoms with E-state index in [0.717, 1.165) is 28.9 Å². The summed E-state index contributed by atoms with van der Waals surface area (Å²) >= 11 is 6.36. The Bertz CT molecular complexity index is 1530. The largest absolute Gasteiger partial charge is 0.391 e. The van der Waals surface area contributed by atoms with Crippen molar-refractivity contribution in [3.63, 3.8) is 0 Å². The summed E-state index contributed by atoms with van der Waals surface area (Å²) in [5.74, 6) is -0.176. The second-order valence-electron chi connectivity index (χ2n) is 11.0. The molecule has 2 N–H and O–H groups in total. The Morgan fingerprint density at radius 3 is 2.46 bits per heavy atom. The van der Waals surface area contributed by atoms with Gasteiger partial charge in [0.15, 0.2) is 0 Å². The lowest BCUT2D eigenvalue weighted by atomic mass is 9.86. The van der Waals surface area contributed by atoms with Gasteiger partial charge in [-0.2, -0.15) is 5.10 Å². The fraction of sp³-hybridized carbons (Fsp3) is 0.312. The number of pyridine rings is 1. The van der Waals surface area contributed by atoms with Gasteiger partial charge in [0.2, 0.25) is 0 Å². The third-order valence-electron chi connectivity index (χ3n) is 7.49. The van der Waals surface area contributed by atoms with E-state index in [1.165, 1.54) is 0 Å². The summed E-state index contributed by atoms with van der Waals surface area (Å²) in [6.07, 6.45) is 4.08. The molecule has 1 aliphatic heterocycles. The van der Waals surface area contributed by atoms with Gasteiger partial charge >= 0.3 is 0 Å². The van der Waals surface area contributed by atoms with Crippen LogP contribution in [0.1, 0.15) is 58.2 Å². The zero-order valence-corrected chi connectivity index (χ0v) is 24.2. The third-order valence-corrected chi connectivity index (χ3v) is 7.82. The first-order chi connectivity index (χ1) is 19.7. The van der Waals surface area contributed by atoms with Crippen LogP contribution in [0.4, 0.5) is 5.69 Å². The number of aliphatic hydroxyl groups excluding tert-OH is 1. The molecule has 0 radical (unpaired) electrons. The van der Waals surface area contributed by atoms with Gasteiger partial charge in [-0.05, 0) is 66.3 Å². The summed E-state index contributed by atoms with van der Waals surface area (Å²) in [6, 6.07) is 18.5. The Morgan fingerprint density at radius 1 is 1.07 bits per heavy atom. The quantitative estimate of drug-likeness (QED) is 0.302. The predicted molar refractivity (Wildman–Crippen MR) is 160 cm³/mol. The monoisotopic (exact) mass is 571 g/mol. The molecule has 2 aromatic carbocycles. The van der Waals surface area contributed by atoms with Gasteiger partial charge in [0.05, 0.1) is 28.1 Å². The minimum absolute atomic E-state index is 0.0692. The Labute approximate surface area is 245 Å². The summed E-state index contributed by atoms with van der Waals surface area (Å²) in [6.45, 7) is 4.95. The maximum Gasteiger partial charge on any atom is 0.257 e. The third kappa shape index (κ3) is 6.50. The van der Waals surface area contributed by atoms with Crippen molar-refractivity contribution in [1.82, 2.24) is 19.7 Å². The second kappa shape index (κ2) is 12.2. The van der Waals surface area contributed by atoms with Crippen LogP contribution in [0.3, 0.4) is 0 Å². The molecule has 2 atom stereocenters. The van der Waals surface area contributed by atoms with Crippen molar-refractivity contribution < 1.29 is 14.7 Å². The zero-order chi connectivity index (χ0) is 29.1. The van der Waals surface area contributed by atoms with Gasteiger partial charge in [-0.15, -0.1) is 0 Å². The number of nitrogens with one attached hydrogen (secondary N) is 1. The average Bonchev–Trinajstić information content (AvgIpc) is 3.39. The van der Waals surface area contributed by atoms with E-state index in [9.17, 15) is 14.7 Å². The molecule has 2 aromatic heterocycles. The molecular formula is C32H34ClN5O3. The van der Waals surface area contributed by atoms with Crippen molar-refractivity contribution in [3.05, 3.63) is 100 Å². The minimum atomic E-state index is -0.701. The molecule has 5 rings (SSSR count). The van der Waals surface area contributed by atoms with Crippen LogP contribution in [0.25, 0.3) is 11.3 Å². The maximum atomic E-state index is 13.4. The Hall–Kier alpha value is -4.01. The minimum Gasteiger partial charge on any atom is -0.391 e. The van der Waals surface area contributed by atoms with Crippen LogP contribution in [0.2, 0.25) is 5.02 Å². The number of hydrogen-bond acceptors (Lipinski definition) is 5. The number of anilines is 1. The highest BCUT2D eigenvalue weighted by molar-refractivity contribution is 6.34. The second-order valence-corrected chi connectivity index (χ2v) is 11.4. The predicted octanol–water partition coefficient (Wildman–Crippen LogP) is 5.58. The molecule has 9 heteroatoms. The number of rotatable bonds is 7. The summed E-state index contributed by atoms with van der Waals surface area (Å²) in [7, 11) is 1.90. The summed E-state index contributed by atoms with van der Waals surface area (Å²) < 4.78 is 1.82. The molecule has 0 unspecified atom stereocenters. The molecule has 0 saturated carbocycles. The van der Waals surface area contributed by atoms with E-state index in [-0.39, 0.29) is 24.3 Å². The van der Waals surface area contributed by atoms with E-state index >= 15 is 0 Å². The molecule has 4 aromatic rings. The van der Waals surface area contributed by atoms with Crippen molar-refractivity contribution >= 4 is 29.1 Å². The molecule has 0 bridgehead atoms. The van der Waals surface area contributed by atoms with E-state index in [1.54, 1.807) is 41.6 Å². The van der Waals surface area contributed by atoms with Gasteiger partial charge < -0.3 is 15.3 Å². The number of aliphatic hydroxyl groups is 1. The number of aryl methyl sites for hydroxylation is 1. The van der Waals surface area contributed by atoms with Gasteiger partial charge in [-0.1, -0.05) is 49.7 Å². The number of piperidine rings is 1. The molecule has 8 nitrogen and oxygen atoms in total. The Kier molecular flexibility index (Phi) is 8.52. The number of carbonyl (C=O) groups excluding carboxylic acids is 2. The molecule has 1 aliphatic rings. The first kappa shape index (κ1) is 28.5. The SMILES string of the molecule is CC(C)Cc1ccc(C(=O)Nc2cc(C(=O)N3CC[C@H](c4ccc(-c5ccnn5C)cc4)[C@@H](O)C3)ccc2Cl)cn1. The van der Waals surface area contributed by atoms with Crippen LogP contribution in [0, 0.1) is 5.92 Å². The lowest BCUT2D eigenvalue weighted by Gasteiger charge is -2.36. The highest BCUT2D eigenvalue weighted by atomic mass is 35.5. The fourth-order valence-corrected chi connectivity index (χ4v) is 5.46. The normalized spacial score (nSPS) is 17.1. The first-order valence-electron chi connectivity index (χ1n) is 13.8. The Morgan fingerprint density at radius 2 is 1.83 bits per heavy atom. The van der Waals surface area contributed by atoms with Gasteiger partial charge in [0.25, 0.3) is 11.8 Å². The van der Waals surface area contributed by atoms with E-state index < -0.39 is 6.10 Å². The molecule has 41 heavy (non-hydrogen) atoms. The van der Waals surface area contributed by atoms with Crippen molar-refractivity contribution in [1.29, 1.82) is 0 Å². The Balaban J connectivity index is 1.23. The summed E-state index contributed by atoms with van der Waals surface area (Å²) in [4.78, 5) is 32.3. The molecular weight excluding hydrogens is 538 g/mol. The van der Waals surface area contributed by atoms with E-state index in [4.69, 9.17) is 11.6 Å². The van der Waals surface area contributed by atoms with Crippen LogP contribution >= 0.6 is 11.6 Å². The van der Waals surface area contributed by atoms with Crippen LogP contribution in [-0.4, -0.2) is 55.8 Å². The number of hydrogen-bond donors (Lipinski definition) is 2. The number of carbonyl (C=O) groups is 2. The summed E-state index contributed by atoms with van der Waals surface area (Å²) in [5.41, 5.74) is 5.18. The molecule has 212 valence electrons. The molecule has 1 fully saturated rings. The fourth-order valence-electron chi connectivity index (χ4n) is 5.29. The number of aromatic nitrogens is 3. The van der Waals surface area contributed by atoms with Crippen molar-refractivity contribution in [2.45, 2.75) is 38.7 Å².